The second-order valence-corrected chi connectivity index (χ2v) is 5.52. The number of ether oxygens (including phenoxy) is 2. The number of pyridine rings is 1. The Labute approximate surface area is 143 Å². The molecule has 2 aromatic heterocycles. The standard InChI is InChI=1S/C15H18BN3O6/c1-2-25-15(21)11-8-17-13-12(18-3-5-24-6-4-18)7-10(16(22)23)9-19(13)14(11)20/h7-9,22-23H,2-6H2,1H3. The van der Waals surface area contributed by atoms with Crippen LogP contribution >= 0.6 is 0 Å². The number of nitrogens with zero attached hydrogens (tertiary/aromatic N) is 3. The Morgan fingerprint density at radius 1 is 1.40 bits per heavy atom. The minimum atomic E-state index is -1.76. The molecule has 0 radical (unpaired) electrons. The minimum absolute atomic E-state index is 0.124. The molecule has 0 amide bonds. The molecule has 0 atom stereocenters. The summed E-state index contributed by atoms with van der Waals surface area (Å²) in [5.74, 6) is -0.766. The zero-order chi connectivity index (χ0) is 18.0. The number of aromatic nitrogens is 2. The third-order valence-electron chi connectivity index (χ3n) is 3.95. The van der Waals surface area contributed by atoms with Crippen LogP contribution in [0.1, 0.15) is 17.3 Å². The average molecular weight is 347 g/mol. The number of carbonyl (C=O) groups is 1. The molecule has 0 bridgehead atoms. The van der Waals surface area contributed by atoms with E-state index in [4.69, 9.17) is 9.47 Å². The fraction of sp³-hybridized carbons (Fsp3) is 0.400. The molecule has 0 aliphatic carbocycles. The number of morpholine rings is 1. The van der Waals surface area contributed by atoms with Crippen LogP contribution in [0, 0.1) is 0 Å². The highest BCUT2D eigenvalue weighted by molar-refractivity contribution is 6.58. The minimum Gasteiger partial charge on any atom is -0.462 e. The van der Waals surface area contributed by atoms with E-state index in [0.717, 1.165) is 4.40 Å². The summed E-state index contributed by atoms with van der Waals surface area (Å²) in [4.78, 5) is 30.8. The first-order valence-corrected chi connectivity index (χ1v) is 7.94. The lowest BCUT2D eigenvalue weighted by Gasteiger charge is -2.29. The van der Waals surface area contributed by atoms with Crippen LogP contribution in [0.25, 0.3) is 5.65 Å². The molecule has 1 aliphatic rings. The van der Waals surface area contributed by atoms with Crippen molar-refractivity contribution in [1.29, 1.82) is 0 Å². The molecule has 0 saturated carbocycles. The molecule has 132 valence electrons. The van der Waals surface area contributed by atoms with Crippen molar-refractivity contribution in [2.24, 2.45) is 0 Å². The van der Waals surface area contributed by atoms with Crippen molar-refractivity contribution in [1.82, 2.24) is 9.38 Å². The molecule has 10 heteroatoms. The van der Waals surface area contributed by atoms with Gasteiger partial charge in [-0.05, 0) is 13.0 Å². The van der Waals surface area contributed by atoms with Gasteiger partial charge in [0, 0.05) is 30.9 Å². The van der Waals surface area contributed by atoms with Gasteiger partial charge in [0.25, 0.3) is 5.56 Å². The van der Waals surface area contributed by atoms with Gasteiger partial charge in [-0.2, -0.15) is 0 Å². The van der Waals surface area contributed by atoms with Gasteiger partial charge < -0.3 is 24.4 Å². The maximum absolute atomic E-state index is 12.7. The number of hydrogen-bond acceptors (Lipinski definition) is 8. The fourth-order valence-electron chi connectivity index (χ4n) is 2.71. The van der Waals surface area contributed by atoms with Crippen LogP contribution in [0.3, 0.4) is 0 Å². The topological polar surface area (TPSA) is 114 Å². The molecule has 3 heterocycles. The molecule has 25 heavy (non-hydrogen) atoms. The number of fused-ring (bicyclic) bond motifs is 1. The molecule has 0 spiro atoms. The number of carbonyl (C=O) groups excluding carboxylic acids is 1. The molecule has 1 saturated heterocycles. The maximum atomic E-state index is 12.7. The molecule has 1 aliphatic heterocycles. The summed E-state index contributed by atoms with van der Waals surface area (Å²) in [5.41, 5.74) is 0.182. The third kappa shape index (κ3) is 3.36. The quantitative estimate of drug-likeness (QED) is 0.502. The van der Waals surface area contributed by atoms with Gasteiger partial charge in [-0.25, -0.2) is 9.78 Å². The molecule has 0 aromatic carbocycles. The molecule has 1 fully saturated rings. The summed E-state index contributed by atoms with van der Waals surface area (Å²) >= 11 is 0. The van der Waals surface area contributed by atoms with Gasteiger partial charge in [0.05, 0.1) is 25.5 Å². The monoisotopic (exact) mass is 347 g/mol. The predicted molar refractivity (Wildman–Crippen MR) is 90.3 cm³/mol. The van der Waals surface area contributed by atoms with E-state index in [-0.39, 0.29) is 17.6 Å². The van der Waals surface area contributed by atoms with E-state index in [1.165, 1.54) is 12.4 Å². The maximum Gasteiger partial charge on any atom is 0.490 e. The lowest BCUT2D eigenvalue weighted by atomic mass is 9.81. The number of anilines is 1. The highest BCUT2D eigenvalue weighted by Crippen LogP contribution is 2.19. The zero-order valence-electron chi connectivity index (χ0n) is 13.7. The zero-order valence-corrected chi connectivity index (χ0v) is 13.7. The molecule has 2 aromatic rings. The Morgan fingerprint density at radius 2 is 2.12 bits per heavy atom. The Bertz CT molecular complexity index is 847. The Morgan fingerprint density at radius 3 is 2.76 bits per heavy atom. The molecular formula is C15H18BN3O6. The number of esters is 1. The Balaban J connectivity index is 2.20. The van der Waals surface area contributed by atoms with Crippen LogP contribution in [-0.4, -0.2) is 65.4 Å². The van der Waals surface area contributed by atoms with E-state index in [1.54, 1.807) is 13.0 Å². The second kappa shape index (κ2) is 7.22. The van der Waals surface area contributed by atoms with Crippen LogP contribution in [0.15, 0.2) is 23.3 Å². The van der Waals surface area contributed by atoms with Crippen molar-refractivity contribution in [2.75, 3.05) is 37.8 Å². The Kier molecular flexibility index (Phi) is 5.02. The first kappa shape index (κ1) is 17.4. The normalized spacial score (nSPS) is 14.6. The Hall–Kier alpha value is -2.43. The van der Waals surface area contributed by atoms with Crippen molar-refractivity contribution >= 4 is 29.9 Å². The van der Waals surface area contributed by atoms with Crippen LogP contribution < -0.4 is 15.9 Å². The van der Waals surface area contributed by atoms with Crippen molar-refractivity contribution in [3.63, 3.8) is 0 Å². The van der Waals surface area contributed by atoms with E-state index in [0.29, 0.717) is 37.6 Å². The lowest BCUT2D eigenvalue weighted by Crippen LogP contribution is -2.40. The summed E-state index contributed by atoms with van der Waals surface area (Å²) in [6.07, 6.45) is 2.46. The SMILES string of the molecule is CCOC(=O)c1cnc2c(N3CCOCC3)cc(B(O)O)cn2c1=O. The van der Waals surface area contributed by atoms with Crippen molar-refractivity contribution in [2.45, 2.75) is 6.92 Å². The largest absolute Gasteiger partial charge is 0.490 e. The van der Waals surface area contributed by atoms with Crippen LogP contribution in [0.4, 0.5) is 5.69 Å². The highest BCUT2D eigenvalue weighted by atomic mass is 16.5. The molecule has 9 nitrogen and oxygen atoms in total. The van der Waals surface area contributed by atoms with Gasteiger partial charge in [0.2, 0.25) is 0 Å². The van der Waals surface area contributed by atoms with E-state index in [1.807, 2.05) is 4.90 Å². The summed E-state index contributed by atoms with van der Waals surface area (Å²) < 4.78 is 11.3. The van der Waals surface area contributed by atoms with Crippen LogP contribution in [-0.2, 0) is 9.47 Å². The van der Waals surface area contributed by atoms with E-state index in [2.05, 4.69) is 4.98 Å². The summed E-state index contributed by atoms with van der Waals surface area (Å²) in [5, 5.41) is 19.1. The first-order chi connectivity index (χ1) is 12.0. The number of rotatable bonds is 4. The summed E-state index contributed by atoms with van der Waals surface area (Å²) in [7, 11) is -1.76. The van der Waals surface area contributed by atoms with Crippen molar-refractivity contribution in [3.8, 4) is 0 Å². The molecule has 2 N–H and O–H groups in total. The second-order valence-electron chi connectivity index (χ2n) is 5.52. The molecule has 0 unspecified atom stereocenters. The van der Waals surface area contributed by atoms with Gasteiger partial charge in [-0.1, -0.05) is 0 Å². The van der Waals surface area contributed by atoms with Gasteiger partial charge in [0.1, 0.15) is 5.56 Å². The summed E-state index contributed by atoms with van der Waals surface area (Å²) in [6.45, 7) is 3.97. The van der Waals surface area contributed by atoms with Gasteiger partial charge in [0.15, 0.2) is 5.65 Å². The fourth-order valence-corrected chi connectivity index (χ4v) is 2.71. The molecular weight excluding hydrogens is 329 g/mol. The average Bonchev–Trinajstić information content (AvgIpc) is 2.62. The van der Waals surface area contributed by atoms with E-state index >= 15 is 0 Å². The molecule has 3 rings (SSSR count). The summed E-state index contributed by atoms with van der Waals surface area (Å²) in [6, 6.07) is 1.57. The van der Waals surface area contributed by atoms with Gasteiger partial charge >= 0.3 is 13.1 Å². The van der Waals surface area contributed by atoms with Gasteiger partial charge in [-0.3, -0.25) is 9.20 Å². The van der Waals surface area contributed by atoms with Crippen LogP contribution in [0.2, 0.25) is 0 Å². The van der Waals surface area contributed by atoms with E-state index < -0.39 is 18.6 Å². The predicted octanol–water partition coefficient (Wildman–Crippen LogP) is -1.61. The van der Waals surface area contributed by atoms with E-state index in [9.17, 15) is 19.6 Å². The lowest BCUT2D eigenvalue weighted by molar-refractivity contribution is 0.0523. The smallest absolute Gasteiger partial charge is 0.462 e. The van der Waals surface area contributed by atoms with Gasteiger partial charge in [-0.15, -0.1) is 0 Å². The van der Waals surface area contributed by atoms with Crippen LogP contribution in [0.5, 0.6) is 0 Å². The van der Waals surface area contributed by atoms with Crippen molar-refractivity contribution in [3.05, 3.63) is 34.4 Å². The number of hydrogen-bond donors (Lipinski definition) is 2. The first-order valence-electron chi connectivity index (χ1n) is 7.94. The highest BCUT2D eigenvalue weighted by Gasteiger charge is 2.23. The third-order valence-corrected chi connectivity index (χ3v) is 3.95. The van der Waals surface area contributed by atoms with Crippen molar-refractivity contribution < 1.29 is 24.3 Å².